The highest BCUT2D eigenvalue weighted by Gasteiger charge is 2.15. The Morgan fingerprint density at radius 2 is 2.00 bits per heavy atom. The molecule has 0 saturated heterocycles. The van der Waals surface area contributed by atoms with Gasteiger partial charge in [0.25, 0.3) is 0 Å². The maximum atomic E-state index is 9.31. The molecule has 0 bridgehead atoms. The molecular formula is C9H13O5PS. The molecule has 0 aliphatic carbocycles. The minimum atomic E-state index is -3.28. The van der Waals surface area contributed by atoms with Gasteiger partial charge >= 0.3 is 6.72 Å². The zero-order valence-corrected chi connectivity index (χ0v) is 10.4. The van der Waals surface area contributed by atoms with Crippen molar-refractivity contribution in [3.8, 4) is 5.75 Å². The third kappa shape index (κ3) is 5.55. The van der Waals surface area contributed by atoms with E-state index in [1.54, 1.807) is 19.1 Å². The fourth-order valence-corrected chi connectivity index (χ4v) is 1.87. The van der Waals surface area contributed by atoms with Crippen LogP contribution in [0.15, 0.2) is 30.3 Å². The molecule has 0 saturated carbocycles. The van der Waals surface area contributed by atoms with E-state index in [1.165, 1.54) is 0 Å². The van der Waals surface area contributed by atoms with Crippen LogP contribution in [0.5, 0.6) is 5.75 Å². The molecule has 0 aromatic heterocycles. The third-order valence-corrected chi connectivity index (χ3v) is 2.83. The average molecular weight is 264 g/mol. The smallest absolute Gasteiger partial charge is 0.353 e. The third-order valence-electron chi connectivity index (χ3n) is 1.46. The van der Waals surface area contributed by atoms with Crippen LogP contribution in [0.2, 0.25) is 0 Å². The molecule has 0 heterocycles. The largest absolute Gasteiger partial charge is 0.465 e. The maximum Gasteiger partial charge on any atom is 0.353 e. The van der Waals surface area contributed by atoms with E-state index in [-0.39, 0.29) is 13.4 Å². The lowest BCUT2D eigenvalue weighted by Crippen LogP contribution is -2.03. The molecule has 0 amide bonds. The van der Waals surface area contributed by atoms with Crippen molar-refractivity contribution in [2.75, 3.05) is 13.4 Å². The van der Waals surface area contributed by atoms with Gasteiger partial charge in [0, 0.05) is 0 Å². The molecule has 0 spiro atoms. The predicted molar refractivity (Wildman–Crippen MR) is 62.2 cm³/mol. The summed E-state index contributed by atoms with van der Waals surface area (Å²) in [6.45, 7) is -1.50. The summed E-state index contributed by atoms with van der Waals surface area (Å²) in [7, 11) is 0. The summed E-state index contributed by atoms with van der Waals surface area (Å²) in [6, 6.07) is 9.05. The first-order chi connectivity index (χ1) is 7.64. The van der Waals surface area contributed by atoms with Crippen LogP contribution >= 0.6 is 6.72 Å². The van der Waals surface area contributed by atoms with Crippen LogP contribution in [0.3, 0.4) is 0 Å². The van der Waals surface area contributed by atoms with Gasteiger partial charge in [-0.05, 0) is 30.9 Å². The molecule has 1 atom stereocenters. The summed E-state index contributed by atoms with van der Waals surface area (Å²) in [5.74, 6) is 0.633. The molecule has 0 fully saturated rings. The highest BCUT2D eigenvalue weighted by molar-refractivity contribution is 8.07. The quantitative estimate of drug-likeness (QED) is 0.268. The Labute approximate surface area is 99.1 Å². The minimum absolute atomic E-state index is 0.171. The highest BCUT2D eigenvalue weighted by Crippen LogP contribution is 2.43. The van der Waals surface area contributed by atoms with Crippen LogP contribution in [0.25, 0.3) is 0 Å². The van der Waals surface area contributed by atoms with Gasteiger partial charge < -0.3 is 14.2 Å². The summed E-state index contributed by atoms with van der Waals surface area (Å²) in [5.41, 5.74) is 0. The van der Waals surface area contributed by atoms with Crippen molar-refractivity contribution in [1.82, 2.24) is 0 Å². The van der Waals surface area contributed by atoms with E-state index in [9.17, 15) is 4.89 Å². The molecule has 0 aliphatic rings. The molecule has 7 heteroatoms. The Hall–Kier alpha value is -0.490. The number of para-hydroxylation sites is 1. The van der Waals surface area contributed by atoms with Crippen LogP contribution in [0.4, 0.5) is 0 Å². The van der Waals surface area contributed by atoms with Gasteiger partial charge in [0.05, 0.1) is 6.61 Å². The summed E-state index contributed by atoms with van der Waals surface area (Å²) < 4.78 is 14.4. The van der Waals surface area contributed by atoms with Crippen molar-refractivity contribution in [2.24, 2.45) is 0 Å². The van der Waals surface area contributed by atoms with Crippen molar-refractivity contribution in [3.05, 3.63) is 30.3 Å². The van der Waals surface area contributed by atoms with Gasteiger partial charge in [-0.2, -0.15) is 4.89 Å². The number of rotatable bonds is 7. The topological polar surface area (TPSA) is 57.2 Å². The van der Waals surface area contributed by atoms with E-state index >= 15 is 0 Å². The van der Waals surface area contributed by atoms with Crippen molar-refractivity contribution < 1.29 is 23.7 Å². The van der Waals surface area contributed by atoms with E-state index in [1.807, 2.05) is 18.2 Å². The van der Waals surface area contributed by atoms with E-state index < -0.39 is 6.72 Å². The normalized spacial score (nSPS) is 14.4. The highest BCUT2D eigenvalue weighted by atomic mass is 32.5. The fourth-order valence-electron chi connectivity index (χ4n) is 0.882. The first-order valence-electron chi connectivity index (χ1n) is 4.60. The van der Waals surface area contributed by atoms with Gasteiger partial charge in [-0.15, -0.1) is 4.67 Å². The summed E-state index contributed by atoms with van der Waals surface area (Å²) >= 11 is 4.61. The molecule has 0 aliphatic heterocycles. The van der Waals surface area contributed by atoms with Crippen molar-refractivity contribution in [1.29, 1.82) is 0 Å². The summed E-state index contributed by atoms with van der Waals surface area (Å²) in [6.07, 6.45) is 0. The van der Waals surface area contributed by atoms with E-state index in [0.29, 0.717) is 5.75 Å². The number of ether oxygens (including phenoxy) is 1. The van der Waals surface area contributed by atoms with Gasteiger partial charge in [0.15, 0.2) is 0 Å². The van der Waals surface area contributed by atoms with Gasteiger partial charge in [0.2, 0.25) is 6.79 Å². The molecule has 16 heavy (non-hydrogen) atoms. The lowest BCUT2D eigenvalue weighted by Gasteiger charge is -2.13. The second-order valence-electron chi connectivity index (χ2n) is 2.65. The lowest BCUT2D eigenvalue weighted by molar-refractivity contribution is -0.253. The zero-order valence-electron chi connectivity index (χ0n) is 8.74. The van der Waals surface area contributed by atoms with Crippen LogP contribution in [-0.4, -0.2) is 18.3 Å². The lowest BCUT2D eigenvalue weighted by atomic mass is 10.3. The average Bonchev–Trinajstić information content (AvgIpc) is 2.26. The monoisotopic (exact) mass is 264 g/mol. The second kappa shape index (κ2) is 6.96. The van der Waals surface area contributed by atoms with Crippen LogP contribution in [0, 0.1) is 0 Å². The number of hydrogen-bond donors (Lipinski definition) is 1. The molecule has 1 N–H and O–H groups in total. The fraction of sp³-hybridized carbons (Fsp3) is 0.333. The SMILES string of the molecule is CCOP(O)(=S)OOCOc1ccccc1. The van der Waals surface area contributed by atoms with Gasteiger partial charge in [-0.1, -0.05) is 18.2 Å². The molecular weight excluding hydrogens is 251 g/mol. The Morgan fingerprint density at radius 1 is 1.31 bits per heavy atom. The Bertz CT molecular complexity index is 345. The number of benzene rings is 1. The Kier molecular flexibility index (Phi) is 5.90. The van der Waals surface area contributed by atoms with Crippen molar-refractivity contribution in [3.63, 3.8) is 0 Å². The standard InChI is InChI=1S/C9H13O5PS/c1-2-13-15(10,16)14-12-8-11-9-6-4-3-5-7-9/h3-7H,2,8H2,1H3,(H,10,16). The van der Waals surface area contributed by atoms with Crippen LogP contribution in [0.1, 0.15) is 6.92 Å². The van der Waals surface area contributed by atoms with Gasteiger partial charge in [0.1, 0.15) is 5.75 Å². The maximum absolute atomic E-state index is 9.31. The predicted octanol–water partition coefficient (Wildman–Crippen LogP) is 2.22. The Balaban J connectivity index is 2.20. The molecule has 90 valence electrons. The molecule has 1 aromatic rings. The van der Waals surface area contributed by atoms with E-state index in [0.717, 1.165) is 0 Å². The zero-order chi connectivity index (χ0) is 11.9. The first-order valence-corrected chi connectivity index (χ1v) is 7.19. The second-order valence-corrected chi connectivity index (χ2v) is 5.38. The first kappa shape index (κ1) is 13.6. The van der Waals surface area contributed by atoms with Crippen LogP contribution < -0.4 is 4.74 Å². The molecule has 1 unspecified atom stereocenters. The summed E-state index contributed by atoms with van der Waals surface area (Å²) in [5, 5.41) is 0. The van der Waals surface area contributed by atoms with E-state index in [2.05, 4.69) is 21.4 Å². The van der Waals surface area contributed by atoms with Crippen molar-refractivity contribution >= 4 is 18.5 Å². The van der Waals surface area contributed by atoms with Gasteiger partial charge in [-0.25, -0.2) is 0 Å². The molecule has 1 aromatic carbocycles. The van der Waals surface area contributed by atoms with Crippen molar-refractivity contribution in [2.45, 2.75) is 6.92 Å². The minimum Gasteiger partial charge on any atom is -0.465 e. The molecule has 5 nitrogen and oxygen atoms in total. The molecule has 1 rings (SSSR count). The number of hydrogen-bond acceptors (Lipinski definition) is 5. The Morgan fingerprint density at radius 3 is 2.62 bits per heavy atom. The summed E-state index contributed by atoms with van der Waals surface area (Å²) in [4.78, 5) is 13.9. The van der Waals surface area contributed by atoms with Crippen LogP contribution in [-0.2, 0) is 25.9 Å². The van der Waals surface area contributed by atoms with E-state index in [4.69, 9.17) is 9.26 Å². The molecule has 0 radical (unpaired) electrons. The van der Waals surface area contributed by atoms with Gasteiger partial charge in [-0.3, -0.25) is 0 Å².